The summed E-state index contributed by atoms with van der Waals surface area (Å²) in [5, 5.41) is 0. The highest BCUT2D eigenvalue weighted by atomic mass is 16.6. The van der Waals surface area contributed by atoms with Gasteiger partial charge in [0.15, 0.2) is 6.10 Å². The Morgan fingerprint density at radius 3 is 0.890 bits per heavy atom. The predicted molar refractivity (Wildman–Crippen MR) is 315 cm³/mol. The molecule has 0 aromatic rings. The van der Waals surface area contributed by atoms with E-state index in [1.807, 2.05) is 146 Å². The van der Waals surface area contributed by atoms with E-state index in [4.69, 9.17) is 14.2 Å². The number of hydrogen-bond acceptors (Lipinski definition) is 6. The zero-order valence-electron chi connectivity index (χ0n) is 46.1. The summed E-state index contributed by atoms with van der Waals surface area (Å²) in [7, 11) is 0. The van der Waals surface area contributed by atoms with Gasteiger partial charge < -0.3 is 14.2 Å². The molecule has 0 saturated heterocycles. The number of unbranched alkanes of at least 4 members (excludes halogenated alkanes) is 19. The fourth-order valence-electron chi connectivity index (χ4n) is 7.05. The van der Waals surface area contributed by atoms with Crippen molar-refractivity contribution in [3.05, 3.63) is 182 Å². The minimum atomic E-state index is -0.835. The topological polar surface area (TPSA) is 78.9 Å². The summed E-state index contributed by atoms with van der Waals surface area (Å²) >= 11 is 0. The highest BCUT2D eigenvalue weighted by Gasteiger charge is 2.19. The molecule has 1 unspecified atom stereocenters. The Bertz CT molecular complexity index is 1770. The molecule has 0 bridgehead atoms. The first kappa shape index (κ1) is 67.5. The second-order valence-electron chi connectivity index (χ2n) is 18.1. The van der Waals surface area contributed by atoms with Crippen LogP contribution in [0, 0.1) is 0 Å². The monoisotopic (exact) mass is 1000 g/mol. The molecule has 0 N–H and O–H groups in total. The van der Waals surface area contributed by atoms with E-state index in [9.17, 15) is 14.4 Å². The van der Waals surface area contributed by atoms with Crippen LogP contribution >= 0.6 is 0 Å². The molecule has 0 spiro atoms. The molecule has 0 aromatic carbocycles. The van der Waals surface area contributed by atoms with E-state index in [2.05, 4.69) is 57.2 Å². The van der Waals surface area contributed by atoms with Crippen molar-refractivity contribution in [3.63, 3.8) is 0 Å². The van der Waals surface area contributed by atoms with Crippen LogP contribution in [0.2, 0.25) is 0 Å². The van der Waals surface area contributed by atoms with Crippen LogP contribution in [0.25, 0.3) is 0 Å². The lowest BCUT2D eigenvalue weighted by atomic mass is 10.1. The first-order valence-electron chi connectivity index (χ1n) is 28.5. The average Bonchev–Trinajstić information content (AvgIpc) is 3.39. The van der Waals surface area contributed by atoms with Gasteiger partial charge >= 0.3 is 17.9 Å². The maximum absolute atomic E-state index is 12.9. The lowest BCUT2D eigenvalue weighted by Crippen LogP contribution is -2.30. The predicted octanol–water partition coefficient (Wildman–Crippen LogP) is 19.3. The van der Waals surface area contributed by atoms with Crippen molar-refractivity contribution >= 4 is 17.9 Å². The molecule has 0 fully saturated rings. The third kappa shape index (κ3) is 57.3. The van der Waals surface area contributed by atoms with Crippen molar-refractivity contribution in [1.29, 1.82) is 0 Å². The zero-order valence-corrected chi connectivity index (χ0v) is 46.1. The van der Waals surface area contributed by atoms with Crippen LogP contribution in [0.4, 0.5) is 0 Å². The van der Waals surface area contributed by atoms with Crippen molar-refractivity contribution < 1.29 is 28.6 Å². The number of rotatable bonds is 48. The van der Waals surface area contributed by atoms with Crippen LogP contribution in [-0.2, 0) is 28.6 Å². The number of esters is 3. The maximum atomic E-state index is 12.9. The van der Waals surface area contributed by atoms with E-state index in [1.165, 1.54) is 77.0 Å². The zero-order chi connectivity index (χ0) is 52.9. The summed E-state index contributed by atoms with van der Waals surface area (Å²) in [5.41, 5.74) is 0. The SMILES string of the molecule is CC\C=C/C=C\C=C/C=C\C=C\C=C/C=C\CCCCCC(=O)OCC(COC(=O)CCCCCCCCC/C=C\CCCCCCCC)OC(=O)CCCCC\C=C/C=C\C=C\C=C/C=C\C=C/C=C\CC. The fourth-order valence-corrected chi connectivity index (χ4v) is 7.05. The summed E-state index contributed by atoms with van der Waals surface area (Å²) < 4.78 is 16.8. The number of allylic oxidation sites excluding steroid dienone is 30. The second-order valence-corrected chi connectivity index (χ2v) is 18.1. The normalized spacial score (nSPS) is 13.5. The Morgan fingerprint density at radius 1 is 0.288 bits per heavy atom. The molecule has 73 heavy (non-hydrogen) atoms. The van der Waals surface area contributed by atoms with Crippen LogP contribution in [0.1, 0.15) is 201 Å². The summed E-state index contributed by atoms with van der Waals surface area (Å²) in [6.07, 6.45) is 88.6. The number of carbonyl (C=O) groups excluding carboxylic acids is 3. The van der Waals surface area contributed by atoms with Crippen LogP contribution in [0.15, 0.2) is 182 Å². The van der Waals surface area contributed by atoms with E-state index in [-0.39, 0.29) is 44.0 Å². The Morgan fingerprint density at radius 2 is 0.548 bits per heavy atom. The van der Waals surface area contributed by atoms with Crippen LogP contribution in [0.3, 0.4) is 0 Å². The second kappa shape index (κ2) is 59.1. The molecule has 0 rings (SSSR count). The molecular weight excluding hydrogens is 901 g/mol. The van der Waals surface area contributed by atoms with Gasteiger partial charge in [-0.05, 0) is 83.5 Å². The van der Waals surface area contributed by atoms with E-state index in [1.54, 1.807) is 0 Å². The number of hydrogen-bond donors (Lipinski definition) is 0. The smallest absolute Gasteiger partial charge is 0.306 e. The molecular formula is C67H100O6. The summed E-state index contributed by atoms with van der Waals surface area (Å²) in [6.45, 7) is 6.24. The van der Waals surface area contributed by atoms with E-state index in [0.29, 0.717) is 19.3 Å². The Kier molecular flexibility index (Phi) is 54.6. The molecule has 0 radical (unpaired) electrons. The van der Waals surface area contributed by atoms with Gasteiger partial charge in [0.1, 0.15) is 13.2 Å². The van der Waals surface area contributed by atoms with Crippen molar-refractivity contribution in [1.82, 2.24) is 0 Å². The first-order valence-corrected chi connectivity index (χ1v) is 28.5. The summed E-state index contributed by atoms with van der Waals surface area (Å²) in [4.78, 5) is 38.2. The van der Waals surface area contributed by atoms with Crippen molar-refractivity contribution in [2.75, 3.05) is 13.2 Å². The van der Waals surface area contributed by atoms with Gasteiger partial charge in [0.25, 0.3) is 0 Å². The number of ether oxygens (including phenoxy) is 3. The Balaban J connectivity index is 4.65. The first-order chi connectivity index (χ1) is 36.0. The molecule has 0 amide bonds. The Labute approximate surface area is 446 Å². The molecule has 0 aliphatic heterocycles. The summed E-state index contributed by atoms with van der Waals surface area (Å²) in [5.74, 6) is -1.03. The average molecular weight is 1000 g/mol. The quantitative estimate of drug-likeness (QED) is 0.0199. The molecule has 1 atom stereocenters. The summed E-state index contributed by atoms with van der Waals surface area (Å²) in [6, 6.07) is 0. The van der Waals surface area contributed by atoms with Crippen LogP contribution in [0.5, 0.6) is 0 Å². The van der Waals surface area contributed by atoms with E-state index >= 15 is 0 Å². The lowest BCUT2D eigenvalue weighted by Gasteiger charge is -2.18. The largest absolute Gasteiger partial charge is 0.462 e. The van der Waals surface area contributed by atoms with Crippen molar-refractivity contribution in [2.24, 2.45) is 0 Å². The third-order valence-corrected chi connectivity index (χ3v) is 11.3. The Hall–Kier alpha value is -5.49. The van der Waals surface area contributed by atoms with Gasteiger partial charge in [-0.2, -0.15) is 0 Å². The van der Waals surface area contributed by atoms with Crippen LogP contribution in [-0.4, -0.2) is 37.2 Å². The standard InChI is InChI=1S/C67H100O6/c1-4-7-10-13-16-19-22-25-28-31-33-36-39-42-45-48-51-54-57-60-66(69)72-63-64(62-71-65(68)59-56-53-50-47-44-41-38-35-30-27-24-21-18-15-12-9-6-3)73-67(70)61-58-55-52-49-46-43-40-37-34-32-29-26-23-20-17-14-11-8-5-2/h7-8,10-11,13-14,16-17,19-20,22-23,25-34,36-37,39-40,42-43,45-46,64H,4-6,9,12,15,18,21,24,35,38,41,44,47-63H2,1-3H3/b10-7-,11-8-,16-13-,17-14-,22-19-,23-20-,28-25-,29-26-,30-27-,33-31+,34-32+,39-36-,40-37-,45-42-,46-43-. The third-order valence-electron chi connectivity index (χ3n) is 11.3. The maximum Gasteiger partial charge on any atom is 0.306 e. The minimum absolute atomic E-state index is 0.124. The lowest BCUT2D eigenvalue weighted by molar-refractivity contribution is -0.167. The van der Waals surface area contributed by atoms with Crippen molar-refractivity contribution in [3.8, 4) is 0 Å². The molecule has 0 aliphatic rings. The molecule has 0 heterocycles. The van der Waals surface area contributed by atoms with E-state index < -0.39 is 6.10 Å². The molecule has 0 aliphatic carbocycles. The molecule has 0 saturated carbocycles. The fraction of sp³-hybridized carbons (Fsp3) is 0.507. The highest BCUT2D eigenvalue weighted by Crippen LogP contribution is 2.13. The van der Waals surface area contributed by atoms with Crippen LogP contribution < -0.4 is 0 Å². The van der Waals surface area contributed by atoms with Gasteiger partial charge in [-0.25, -0.2) is 0 Å². The molecule has 0 aromatic heterocycles. The van der Waals surface area contributed by atoms with Gasteiger partial charge in [-0.1, -0.05) is 280 Å². The number of carbonyl (C=O) groups is 3. The molecule has 6 heteroatoms. The van der Waals surface area contributed by atoms with E-state index in [0.717, 1.165) is 70.6 Å². The van der Waals surface area contributed by atoms with Crippen molar-refractivity contribution in [2.45, 2.75) is 207 Å². The molecule has 404 valence electrons. The minimum Gasteiger partial charge on any atom is -0.462 e. The van der Waals surface area contributed by atoms with Gasteiger partial charge in [0.2, 0.25) is 0 Å². The highest BCUT2D eigenvalue weighted by molar-refractivity contribution is 5.71. The van der Waals surface area contributed by atoms with Gasteiger partial charge in [0, 0.05) is 19.3 Å². The molecule has 6 nitrogen and oxygen atoms in total. The van der Waals surface area contributed by atoms with Gasteiger partial charge in [-0.3, -0.25) is 14.4 Å². The van der Waals surface area contributed by atoms with Gasteiger partial charge in [-0.15, -0.1) is 0 Å². The van der Waals surface area contributed by atoms with Gasteiger partial charge in [0.05, 0.1) is 0 Å².